The van der Waals surface area contributed by atoms with Gasteiger partial charge in [-0.1, -0.05) is 20.8 Å². The number of anilines is 1. The number of hydrogen-bond acceptors (Lipinski definition) is 4. The van der Waals surface area contributed by atoms with E-state index in [0.717, 1.165) is 23.2 Å². The Bertz CT molecular complexity index is 778. The van der Waals surface area contributed by atoms with Gasteiger partial charge in [-0.3, -0.25) is 4.79 Å². The zero-order valence-electron chi connectivity index (χ0n) is 13.2. The standard InChI is InChI=1S/C16H17FN2O3S/c1-8-12(23-15(18-8)16(2,3)4)13(20)19-11-7-9(14(21)22)5-6-10(11)17/h5-7H,1-4H3,(H,19,20)(H,21,22). The molecule has 5 nitrogen and oxygen atoms in total. The predicted molar refractivity (Wildman–Crippen MR) is 86.9 cm³/mol. The zero-order chi connectivity index (χ0) is 17.4. The molecule has 0 saturated carbocycles. The number of amides is 1. The molecule has 2 rings (SSSR count). The molecule has 0 bridgehead atoms. The molecule has 2 N–H and O–H groups in total. The number of aryl methyl sites for hydroxylation is 1. The molecule has 1 heterocycles. The van der Waals surface area contributed by atoms with Gasteiger partial charge >= 0.3 is 5.97 Å². The number of carbonyl (C=O) groups excluding carboxylic acids is 1. The van der Waals surface area contributed by atoms with E-state index < -0.39 is 17.7 Å². The van der Waals surface area contributed by atoms with Crippen molar-refractivity contribution in [2.24, 2.45) is 0 Å². The predicted octanol–water partition coefficient (Wildman–Crippen LogP) is 3.84. The molecule has 0 fully saturated rings. The smallest absolute Gasteiger partial charge is 0.335 e. The minimum absolute atomic E-state index is 0.0990. The summed E-state index contributed by atoms with van der Waals surface area (Å²) in [5.74, 6) is -2.39. The number of aromatic carboxylic acids is 1. The summed E-state index contributed by atoms with van der Waals surface area (Å²) in [5.41, 5.74) is 0.105. The minimum Gasteiger partial charge on any atom is -0.478 e. The third kappa shape index (κ3) is 3.73. The molecule has 0 atom stereocenters. The number of benzene rings is 1. The summed E-state index contributed by atoms with van der Waals surface area (Å²) >= 11 is 1.25. The van der Waals surface area contributed by atoms with E-state index in [9.17, 15) is 14.0 Å². The number of thiazole rings is 1. The molecular formula is C16H17FN2O3S. The summed E-state index contributed by atoms with van der Waals surface area (Å²) in [7, 11) is 0. The number of carbonyl (C=O) groups is 2. The molecule has 23 heavy (non-hydrogen) atoms. The first-order valence-corrected chi connectivity index (χ1v) is 7.73. The highest BCUT2D eigenvalue weighted by atomic mass is 32.1. The highest BCUT2D eigenvalue weighted by molar-refractivity contribution is 7.14. The molecule has 0 aliphatic rings. The van der Waals surface area contributed by atoms with Crippen LogP contribution in [0.15, 0.2) is 18.2 Å². The Morgan fingerprint density at radius 3 is 2.48 bits per heavy atom. The fourth-order valence-electron chi connectivity index (χ4n) is 1.86. The van der Waals surface area contributed by atoms with Crippen LogP contribution in [0.3, 0.4) is 0 Å². The molecule has 0 aliphatic heterocycles. The maximum absolute atomic E-state index is 13.8. The van der Waals surface area contributed by atoms with Crippen molar-refractivity contribution in [3.8, 4) is 0 Å². The molecule has 1 amide bonds. The molecule has 7 heteroatoms. The Labute approximate surface area is 137 Å². The third-order valence-electron chi connectivity index (χ3n) is 3.11. The fourth-order valence-corrected chi connectivity index (χ4v) is 2.88. The summed E-state index contributed by atoms with van der Waals surface area (Å²) < 4.78 is 13.8. The van der Waals surface area contributed by atoms with Crippen molar-refractivity contribution in [1.82, 2.24) is 4.98 Å². The SMILES string of the molecule is Cc1nc(C(C)(C)C)sc1C(=O)Nc1cc(C(=O)O)ccc1F. The van der Waals surface area contributed by atoms with Gasteiger partial charge < -0.3 is 10.4 Å². The fraction of sp³-hybridized carbons (Fsp3) is 0.312. The second-order valence-electron chi connectivity index (χ2n) is 6.14. The molecule has 0 unspecified atom stereocenters. The van der Waals surface area contributed by atoms with Gasteiger partial charge in [0.15, 0.2) is 0 Å². The van der Waals surface area contributed by atoms with E-state index in [-0.39, 0.29) is 16.7 Å². The van der Waals surface area contributed by atoms with Crippen LogP contribution in [0, 0.1) is 12.7 Å². The summed E-state index contributed by atoms with van der Waals surface area (Å²) in [6.45, 7) is 7.68. The van der Waals surface area contributed by atoms with E-state index in [1.807, 2.05) is 20.8 Å². The van der Waals surface area contributed by atoms with Gasteiger partial charge in [-0.25, -0.2) is 14.2 Å². The highest BCUT2D eigenvalue weighted by Gasteiger charge is 2.23. The van der Waals surface area contributed by atoms with Crippen LogP contribution in [0.1, 0.15) is 51.5 Å². The molecule has 0 radical (unpaired) electrons. The van der Waals surface area contributed by atoms with Crippen LogP contribution in [0.4, 0.5) is 10.1 Å². The van der Waals surface area contributed by atoms with Crippen LogP contribution in [0.5, 0.6) is 0 Å². The quantitative estimate of drug-likeness (QED) is 0.892. The van der Waals surface area contributed by atoms with Crippen molar-refractivity contribution in [3.05, 3.63) is 45.2 Å². The molecule has 0 saturated heterocycles. The van der Waals surface area contributed by atoms with Gasteiger partial charge in [0.05, 0.1) is 22.0 Å². The second kappa shape index (κ2) is 6.08. The van der Waals surface area contributed by atoms with Crippen LogP contribution >= 0.6 is 11.3 Å². The Hall–Kier alpha value is -2.28. The van der Waals surface area contributed by atoms with Gasteiger partial charge in [0.2, 0.25) is 0 Å². The summed E-state index contributed by atoms with van der Waals surface area (Å²) in [5, 5.41) is 12.2. The summed E-state index contributed by atoms with van der Waals surface area (Å²) in [4.78, 5) is 28.1. The van der Waals surface area contributed by atoms with Gasteiger partial charge in [0.1, 0.15) is 10.7 Å². The molecular weight excluding hydrogens is 319 g/mol. The lowest BCUT2D eigenvalue weighted by atomic mass is 9.98. The first kappa shape index (κ1) is 17.1. The number of halogens is 1. The van der Waals surface area contributed by atoms with Gasteiger partial charge in [-0.15, -0.1) is 11.3 Å². The van der Waals surface area contributed by atoms with Crippen LogP contribution in [0.2, 0.25) is 0 Å². The van der Waals surface area contributed by atoms with E-state index in [2.05, 4.69) is 10.3 Å². The van der Waals surface area contributed by atoms with Gasteiger partial charge in [-0.05, 0) is 25.1 Å². The number of hydrogen-bond donors (Lipinski definition) is 2. The maximum atomic E-state index is 13.8. The van der Waals surface area contributed by atoms with Crippen molar-refractivity contribution in [2.75, 3.05) is 5.32 Å². The van der Waals surface area contributed by atoms with Crippen molar-refractivity contribution >= 4 is 28.9 Å². The zero-order valence-corrected chi connectivity index (χ0v) is 14.0. The van der Waals surface area contributed by atoms with Crippen molar-refractivity contribution in [2.45, 2.75) is 33.1 Å². The molecule has 1 aromatic heterocycles. The van der Waals surface area contributed by atoms with Gasteiger partial charge in [0, 0.05) is 5.41 Å². The Morgan fingerprint density at radius 2 is 1.96 bits per heavy atom. The molecule has 1 aromatic carbocycles. The van der Waals surface area contributed by atoms with Crippen molar-refractivity contribution < 1.29 is 19.1 Å². The molecule has 122 valence electrons. The maximum Gasteiger partial charge on any atom is 0.335 e. The Kier molecular flexibility index (Phi) is 4.51. The van der Waals surface area contributed by atoms with Crippen LogP contribution in [0.25, 0.3) is 0 Å². The number of carboxylic acid groups (broad SMARTS) is 1. The van der Waals surface area contributed by atoms with Crippen LogP contribution in [-0.4, -0.2) is 22.0 Å². The number of rotatable bonds is 3. The lowest BCUT2D eigenvalue weighted by molar-refractivity contribution is 0.0696. The number of carboxylic acids is 1. The molecule has 0 spiro atoms. The van der Waals surface area contributed by atoms with Gasteiger partial charge in [0.25, 0.3) is 5.91 Å². The minimum atomic E-state index is -1.19. The number of nitrogens with zero attached hydrogens (tertiary/aromatic N) is 1. The Balaban J connectivity index is 2.31. The van der Waals surface area contributed by atoms with Crippen LogP contribution in [-0.2, 0) is 5.41 Å². The van der Waals surface area contributed by atoms with E-state index in [0.29, 0.717) is 10.6 Å². The van der Waals surface area contributed by atoms with Crippen LogP contribution < -0.4 is 5.32 Å². The molecule has 2 aromatic rings. The lowest BCUT2D eigenvalue weighted by Crippen LogP contribution is -2.13. The molecule has 0 aliphatic carbocycles. The highest BCUT2D eigenvalue weighted by Crippen LogP contribution is 2.30. The van der Waals surface area contributed by atoms with E-state index >= 15 is 0 Å². The Morgan fingerprint density at radius 1 is 1.30 bits per heavy atom. The summed E-state index contributed by atoms with van der Waals surface area (Å²) in [6, 6.07) is 3.25. The van der Waals surface area contributed by atoms with E-state index in [4.69, 9.17) is 5.11 Å². The third-order valence-corrected chi connectivity index (χ3v) is 4.69. The topological polar surface area (TPSA) is 79.3 Å². The average Bonchev–Trinajstić information content (AvgIpc) is 2.83. The van der Waals surface area contributed by atoms with Gasteiger partial charge in [-0.2, -0.15) is 0 Å². The first-order valence-electron chi connectivity index (χ1n) is 6.91. The normalized spacial score (nSPS) is 11.3. The van der Waals surface area contributed by atoms with E-state index in [1.165, 1.54) is 11.3 Å². The number of nitrogens with one attached hydrogen (secondary N) is 1. The second-order valence-corrected chi connectivity index (χ2v) is 7.14. The van der Waals surface area contributed by atoms with E-state index in [1.54, 1.807) is 6.92 Å². The average molecular weight is 336 g/mol. The van der Waals surface area contributed by atoms with Crippen molar-refractivity contribution in [3.63, 3.8) is 0 Å². The largest absolute Gasteiger partial charge is 0.478 e. The lowest BCUT2D eigenvalue weighted by Gasteiger charge is -2.13. The summed E-state index contributed by atoms with van der Waals surface area (Å²) in [6.07, 6.45) is 0. The monoisotopic (exact) mass is 336 g/mol. The van der Waals surface area contributed by atoms with Crippen molar-refractivity contribution in [1.29, 1.82) is 0 Å². The number of aromatic nitrogens is 1. The first-order chi connectivity index (χ1) is 10.6.